The lowest BCUT2D eigenvalue weighted by atomic mass is 9.85. The van der Waals surface area contributed by atoms with E-state index in [1.54, 1.807) is 0 Å². The van der Waals surface area contributed by atoms with Crippen molar-refractivity contribution in [2.45, 2.75) is 38.1 Å². The Bertz CT molecular complexity index is 647. The Morgan fingerprint density at radius 1 is 1.44 bits per heavy atom. The summed E-state index contributed by atoms with van der Waals surface area (Å²) in [6.45, 7) is 4.07. The third kappa shape index (κ3) is 1.68. The van der Waals surface area contributed by atoms with Crippen LogP contribution < -0.4 is 5.69 Å². The molecule has 1 fully saturated rings. The van der Waals surface area contributed by atoms with Crippen LogP contribution in [0.1, 0.15) is 38.3 Å². The number of rotatable bonds is 3. The fourth-order valence-electron chi connectivity index (χ4n) is 2.34. The fourth-order valence-corrected chi connectivity index (χ4v) is 2.34. The Hall–Kier alpha value is -1.55. The van der Waals surface area contributed by atoms with Gasteiger partial charge in [-0.15, -0.1) is 0 Å². The second-order valence-electron chi connectivity index (χ2n) is 5.81. The van der Waals surface area contributed by atoms with Gasteiger partial charge in [-0.2, -0.15) is 0 Å². The fraction of sp³-hybridized carbons (Fsp3) is 0.500. The van der Waals surface area contributed by atoms with Crippen molar-refractivity contribution >= 4 is 11.0 Å². The quantitative estimate of drug-likeness (QED) is 0.869. The minimum Gasteiger partial charge on any atom is -0.395 e. The number of benzene rings is 1. The van der Waals surface area contributed by atoms with Gasteiger partial charge in [0.25, 0.3) is 0 Å². The van der Waals surface area contributed by atoms with Crippen molar-refractivity contribution in [2.24, 2.45) is 0 Å². The molecule has 96 valence electrons. The molecule has 0 atom stereocenters. The molecule has 0 unspecified atom stereocenters. The Balaban J connectivity index is 2.17. The Morgan fingerprint density at radius 3 is 2.78 bits per heavy atom. The van der Waals surface area contributed by atoms with Crippen LogP contribution in [0.15, 0.2) is 23.0 Å². The van der Waals surface area contributed by atoms with Gasteiger partial charge in [0.05, 0.1) is 17.6 Å². The van der Waals surface area contributed by atoms with Crippen LogP contribution in [0.5, 0.6) is 0 Å². The van der Waals surface area contributed by atoms with E-state index >= 15 is 0 Å². The SMILES string of the molecule is CC(C)(CO)c1ccc2c(c1)[nH]c(=O)n2C1CC1. The lowest BCUT2D eigenvalue weighted by Gasteiger charge is -2.22. The molecule has 0 aliphatic heterocycles. The number of H-pyrrole nitrogens is 1. The van der Waals surface area contributed by atoms with Crippen LogP contribution in [0.3, 0.4) is 0 Å². The van der Waals surface area contributed by atoms with Crippen LogP contribution >= 0.6 is 0 Å². The highest BCUT2D eigenvalue weighted by atomic mass is 16.3. The van der Waals surface area contributed by atoms with Crippen LogP contribution in [0.4, 0.5) is 0 Å². The molecule has 18 heavy (non-hydrogen) atoms. The molecular weight excluding hydrogens is 228 g/mol. The summed E-state index contributed by atoms with van der Waals surface area (Å²) in [7, 11) is 0. The lowest BCUT2D eigenvalue weighted by Crippen LogP contribution is -2.21. The maximum Gasteiger partial charge on any atom is 0.326 e. The molecule has 1 aromatic heterocycles. The van der Waals surface area contributed by atoms with E-state index < -0.39 is 0 Å². The predicted molar refractivity (Wildman–Crippen MR) is 70.9 cm³/mol. The molecule has 2 N–H and O–H groups in total. The summed E-state index contributed by atoms with van der Waals surface area (Å²) in [5, 5.41) is 9.40. The number of nitrogens with one attached hydrogen (secondary N) is 1. The predicted octanol–water partition coefficient (Wildman–Crippen LogP) is 1.93. The molecule has 0 amide bonds. The average Bonchev–Trinajstić information content (AvgIpc) is 3.11. The van der Waals surface area contributed by atoms with E-state index in [9.17, 15) is 9.90 Å². The summed E-state index contributed by atoms with van der Waals surface area (Å²) < 4.78 is 1.85. The molecule has 3 rings (SSSR count). The summed E-state index contributed by atoms with van der Waals surface area (Å²) in [5.74, 6) is 0. The van der Waals surface area contributed by atoms with Gasteiger partial charge >= 0.3 is 5.69 Å². The van der Waals surface area contributed by atoms with E-state index in [0.29, 0.717) is 6.04 Å². The highest BCUT2D eigenvalue weighted by molar-refractivity contribution is 5.76. The van der Waals surface area contributed by atoms with Crippen LogP contribution in [-0.2, 0) is 5.41 Å². The van der Waals surface area contributed by atoms with Gasteiger partial charge in [-0.3, -0.25) is 4.57 Å². The lowest BCUT2D eigenvalue weighted by molar-refractivity contribution is 0.218. The zero-order valence-corrected chi connectivity index (χ0v) is 10.7. The average molecular weight is 246 g/mol. The van der Waals surface area contributed by atoms with Gasteiger partial charge in [0.15, 0.2) is 0 Å². The normalized spacial score (nSPS) is 16.4. The summed E-state index contributed by atoms with van der Waals surface area (Å²) >= 11 is 0. The molecule has 1 heterocycles. The van der Waals surface area contributed by atoms with Crippen LogP contribution in [0, 0.1) is 0 Å². The minimum absolute atomic E-state index is 0.0218. The molecule has 1 aromatic carbocycles. The maximum atomic E-state index is 11.9. The number of aliphatic hydroxyl groups excluding tert-OH is 1. The molecule has 0 saturated heterocycles. The topological polar surface area (TPSA) is 58.0 Å². The molecule has 1 saturated carbocycles. The van der Waals surface area contributed by atoms with Crippen LogP contribution in [-0.4, -0.2) is 21.3 Å². The third-order valence-corrected chi connectivity index (χ3v) is 3.81. The Morgan fingerprint density at radius 2 is 2.17 bits per heavy atom. The first-order valence-corrected chi connectivity index (χ1v) is 6.38. The van der Waals surface area contributed by atoms with Crippen molar-refractivity contribution in [3.8, 4) is 0 Å². The molecular formula is C14H18N2O2. The van der Waals surface area contributed by atoms with Crippen LogP contribution in [0.25, 0.3) is 11.0 Å². The number of aliphatic hydroxyl groups is 1. The third-order valence-electron chi connectivity index (χ3n) is 3.81. The van der Waals surface area contributed by atoms with Crippen molar-refractivity contribution in [1.82, 2.24) is 9.55 Å². The summed E-state index contributed by atoms with van der Waals surface area (Å²) in [4.78, 5) is 14.8. The van der Waals surface area contributed by atoms with Crippen LogP contribution in [0.2, 0.25) is 0 Å². The highest BCUT2D eigenvalue weighted by Gasteiger charge is 2.28. The zero-order valence-electron chi connectivity index (χ0n) is 10.7. The first-order chi connectivity index (χ1) is 8.53. The molecule has 0 radical (unpaired) electrons. The monoisotopic (exact) mass is 246 g/mol. The van der Waals surface area contributed by atoms with Crippen molar-refractivity contribution in [3.05, 3.63) is 34.2 Å². The molecule has 4 nitrogen and oxygen atoms in total. The van der Waals surface area contributed by atoms with Gasteiger partial charge < -0.3 is 10.1 Å². The smallest absolute Gasteiger partial charge is 0.326 e. The number of imidazole rings is 1. The van der Waals surface area contributed by atoms with Crippen molar-refractivity contribution < 1.29 is 5.11 Å². The number of hydrogen-bond acceptors (Lipinski definition) is 2. The number of aromatic amines is 1. The highest BCUT2D eigenvalue weighted by Crippen LogP contribution is 2.36. The van der Waals surface area contributed by atoms with E-state index in [1.165, 1.54) is 0 Å². The molecule has 1 aliphatic carbocycles. The van der Waals surface area contributed by atoms with E-state index in [2.05, 4.69) is 4.98 Å². The standard InChI is InChI=1S/C14H18N2O2/c1-14(2,8-17)9-3-6-12-11(7-9)15-13(18)16(12)10-4-5-10/h3,6-7,10,17H,4-5,8H2,1-2H3,(H,15,18). The first-order valence-electron chi connectivity index (χ1n) is 6.38. The second kappa shape index (κ2) is 3.72. The van der Waals surface area contributed by atoms with Gasteiger partial charge in [-0.1, -0.05) is 19.9 Å². The molecule has 4 heteroatoms. The summed E-state index contributed by atoms with van der Waals surface area (Å²) in [6, 6.07) is 6.34. The van der Waals surface area contributed by atoms with E-state index in [0.717, 1.165) is 29.4 Å². The number of fused-ring (bicyclic) bond motifs is 1. The molecule has 2 aromatic rings. The van der Waals surface area contributed by atoms with Gasteiger partial charge in [0, 0.05) is 11.5 Å². The Kier molecular flexibility index (Phi) is 2.38. The molecule has 1 aliphatic rings. The van der Waals surface area contributed by atoms with Gasteiger partial charge in [0.2, 0.25) is 0 Å². The molecule has 0 bridgehead atoms. The second-order valence-corrected chi connectivity index (χ2v) is 5.81. The van der Waals surface area contributed by atoms with Crippen molar-refractivity contribution in [1.29, 1.82) is 0 Å². The minimum atomic E-state index is -0.285. The van der Waals surface area contributed by atoms with E-state index in [4.69, 9.17) is 0 Å². The Labute approximate surface area is 105 Å². The van der Waals surface area contributed by atoms with Crippen molar-refractivity contribution in [2.75, 3.05) is 6.61 Å². The first kappa shape index (κ1) is 11.5. The maximum absolute atomic E-state index is 11.9. The summed E-state index contributed by atoms with van der Waals surface area (Å²) in [6.07, 6.45) is 2.19. The van der Waals surface area contributed by atoms with E-state index in [-0.39, 0.29) is 17.7 Å². The number of nitrogens with zero attached hydrogens (tertiary/aromatic N) is 1. The van der Waals surface area contributed by atoms with Gasteiger partial charge in [0.1, 0.15) is 0 Å². The largest absolute Gasteiger partial charge is 0.395 e. The van der Waals surface area contributed by atoms with Gasteiger partial charge in [-0.05, 0) is 30.5 Å². The summed E-state index contributed by atoms with van der Waals surface area (Å²) in [5.41, 5.74) is 2.58. The number of hydrogen-bond donors (Lipinski definition) is 2. The van der Waals surface area contributed by atoms with Crippen molar-refractivity contribution in [3.63, 3.8) is 0 Å². The van der Waals surface area contributed by atoms with Gasteiger partial charge in [-0.25, -0.2) is 4.79 Å². The zero-order chi connectivity index (χ0) is 12.9. The molecule has 0 spiro atoms. The number of aromatic nitrogens is 2. The van der Waals surface area contributed by atoms with E-state index in [1.807, 2.05) is 36.6 Å².